The van der Waals surface area contributed by atoms with Gasteiger partial charge in [-0.1, -0.05) is 0 Å². The first-order valence-corrected chi connectivity index (χ1v) is 4.92. The fourth-order valence-electron chi connectivity index (χ4n) is 2.28. The molecule has 2 fully saturated rings. The average Bonchev–Trinajstić information content (AvgIpc) is 2.60. The molecule has 2 rings (SSSR count). The quantitative estimate of drug-likeness (QED) is 0.592. The van der Waals surface area contributed by atoms with E-state index in [0.29, 0.717) is 6.42 Å². The number of hydrogen-bond acceptors (Lipinski definition) is 3. The molecule has 2 aliphatic rings. The van der Waals surface area contributed by atoms with Crippen molar-refractivity contribution >= 4 is 0 Å². The second kappa shape index (κ2) is 2.47. The minimum atomic E-state index is -0.700. The van der Waals surface area contributed by atoms with E-state index >= 15 is 0 Å². The summed E-state index contributed by atoms with van der Waals surface area (Å²) >= 11 is 0. The smallest absolute Gasteiger partial charge is 0.118 e. The van der Waals surface area contributed by atoms with Gasteiger partial charge in [0.15, 0.2) is 0 Å². The van der Waals surface area contributed by atoms with Crippen molar-refractivity contribution in [2.45, 2.75) is 57.0 Å². The Kier molecular flexibility index (Phi) is 1.79. The number of ether oxygens (including phenoxy) is 1. The van der Waals surface area contributed by atoms with Gasteiger partial charge in [-0.3, -0.25) is 0 Å². The molecule has 3 heteroatoms. The molecule has 0 aromatic rings. The van der Waals surface area contributed by atoms with E-state index in [-0.39, 0.29) is 17.6 Å². The van der Waals surface area contributed by atoms with Crippen LogP contribution in [0, 0.1) is 5.92 Å². The highest BCUT2D eigenvalue weighted by Gasteiger charge is 2.62. The van der Waals surface area contributed by atoms with Crippen LogP contribution in [0.25, 0.3) is 0 Å². The van der Waals surface area contributed by atoms with Gasteiger partial charge < -0.3 is 14.9 Å². The molecule has 0 amide bonds. The Morgan fingerprint density at radius 3 is 2.46 bits per heavy atom. The maximum atomic E-state index is 9.81. The Balaban J connectivity index is 2.06. The zero-order chi connectivity index (χ0) is 9.85. The lowest BCUT2D eigenvalue weighted by Gasteiger charge is -2.35. The van der Waals surface area contributed by atoms with Crippen molar-refractivity contribution in [3.8, 4) is 0 Å². The summed E-state index contributed by atoms with van der Waals surface area (Å²) in [6.45, 7) is 5.55. The monoisotopic (exact) mass is 186 g/mol. The van der Waals surface area contributed by atoms with E-state index in [1.807, 2.05) is 6.92 Å². The van der Waals surface area contributed by atoms with Crippen molar-refractivity contribution in [1.29, 1.82) is 0 Å². The second-order valence-corrected chi connectivity index (χ2v) is 5.13. The van der Waals surface area contributed by atoms with Gasteiger partial charge >= 0.3 is 0 Å². The Labute approximate surface area is 78.7 Å². The van der Waals surface area contributed by atoms with E-state index in [0.717, 1.165) is 6.42 Å². The van der Waals surface area contributed by atoms with Crippen LogP contribution in [-0.2, 0) is 4.74 Å². The second-order valence-electron chi connectivity index (χ2n) is 5.13. The molecule has 0 spiro atoms. The van der Waals surface area contributed by atoms with Gasteiger partial charge in [0.25, 0.3) is 0 Å². The molecule has 4 atom stereocenters. The van der Waals surface area contributed by atoms with Crippen LogP contribution in [0.1, 0.15) is 33.6 Å². The third-order valence-corrected chi connectivity index (χ3v) is 3.65. The summed E-state index contributed by atoms with van der Waals surface area (Å²) in [6.07, 6.45) is 1.27. The fourth-order valence-corrected chi connectivity index (χ4v) is 2.28. The van der Waals surface area contributed by atoms with Crippen LogP contribution in [0.5, 0.6) is 0 Å². The number of aliphatic hydroxyl groups is 2. The van der Waals surface area contributed by atoms with Gasteiger partial charge in [-0.15, -0.1) is 0 Å². The number of fused-ring (bicyclic) bond motifs is 1. The highest BCUT2D eigenvalue weighted by molar-refractivity contribution is 5.10. The van der Waals surface area contributed by atoms with Crippen LogP contribution in [0.3, 0.4) is 0 Å². The summed E-state index contributed by atoms with van der Waals surface area (Å²) < 4.78 is 5.44. The summed E-state index contributed by atoms with van der Waals surface area (Å²) in [6, 6.07) is 0. The predicted octanol–water partition coefficient (Wildman–Crippen LogP) is 0.686. The molecule has 0 aromatic carbocycles. The lowest BCUT2D eigenvalue weighted by atomic mass is 9.74. The standard InChI is InChI=1S/C10H18O3/c1-9(2,12)6-4-7(11)10(3)8(5-6)13-10/h6-8,11-12H,4-5H2,1-3H3/t6-,7+,8-,10+/m0/s1. The van der Waals surface area contributed by atoms with Gasteiger partial charge in [-0.05, 0) is 39.5 Å². The van der Waals surface area contributed by atoms with Gasteiger partial charge in [0, 0.05) is 0 Å². The average molecular weight is 186 g/mol. The minimum Gasteiger partial charge on any atom is -0.390 e. The molecule has 0 aromatic heterocycles. The fraction of sp³-hybridized carbons (Fsp3) is 1.00. The van der Waals surface area contributed by atoms with Crippen LogP contribution in [-0.4, -0.2) is 33.6 Å². The summed E-state index contributed by atoms with van der Waals surface area (Å²) in [5.41, 5.74) is -1.00. The molecule has 13 heavy (non-hydrogen) atoms. The van der Waals surface area contributed by atoms with Crippen molar-refractivity contribution < 1.29 is 14.9 Å². The molecular weight excluding hydrogens is 168 g/mol. The van der Waals surface area contributed by atoms with Gasteiger partial charge in [0.2, 0.25) is 0 Å². The van der Waals surface area contributed by atoms with Crippen LogP contribution in [0.15, 0.2) is 0 Å². The van der Waals surface area contributed by atoms with E-state index in [2.05, 4.69) is 0 Å². The Bertz CT molecular complexity index is 221. The molecule has 1 heterocycles. The summed E-state index contributed by atoms with van der Waals surface area (Å²) in [5.74, 6) is 0.156. The molecule has 0 radical (unpaired) electrons. The zero-order valence-electron chi connectivity index (χ0n) is 8.45. The van der Waals surface area contributed by atoms with E-state index in [1.165, 1.54) is 0 Å². The zero-order valence-corrected chi connectivity index (χ0v) is 8.45. The van der Waals surface area contributed by atoms with Gasteiger partial charge in [-0.2, -0.15) is 0 Å². The molecule has 2 N–H and O–H groups in total. The maximum absolute atomic E-state index is 9.81. The third-order valence-electron chi connectivity index (χ3n) is 3.65. The van der Waals surface area contributed by atoms with Crippen molar-refractivity contribution in [3.63, 3.8) is 0 Å². The largest absolute Gasteiger partial charge is 0.390 e. The van der Waals surface area contributed by atoms with Crippen molar-refractivity contribution in [3.05, 3.63) is 0 Å². The molecule has 1 aliphatic carbocycles. The topological polar surface area (TPSA) is 53.0 Å². The van der Waals surface area contributed by atoms with Crippen molar-refractivity contribution in [2.24, 2.45) is 5.92 Å². The molecule has 1 saturated heterocycles. The predicted molar refractivity (Wildman–Crippen MR) is 48.3 cm³/mol. The number of aliphatic hydroxyl groups excluding tert-OH is 1. The summed E-state index contributed by atoms with van der Waals surface area (Å²) in [4.78, 5) is 0. The minimum absolute atomic E-state index is 0.156. The SMILES string of the molecule is CC(C)(O)[C@H]1C[C@@H](O)[C@@]2(C)O[C@H]2C1. The first-order chi connectivity index (χ1) is 5.84. The third kappa shape index (κ3) is 1.39. The van der Waals surface area contributed by atoms with E-state index in [9.17, 15) is 10.2 Å². The molecule has 0 bridgehead atoms. The first-order valence-electron chi connectivity index (χ1n) is 4.92. The highest BCUT2D eigenvalue weighted by Crippen LogP contribution is 2.51. The molecule has 0 unspecified atom stereocenters. The van der Waals surface area contributed by atoms with Crippen LogP contribution >= 0.6 is 0 Å². The van der Waals surface area contributed by atoms with Gasteiger partial charge in [-0.25, -0.2) is 0 Å². The first kappa shape index (κ1) is 9.44. The Morgan fingerprint density at radius 2 is 2.00 bits per heavy atom. The van der Waals surface area contributed by atoms with Gasteiger partial charge in [0.1, 0.15) is 5.60 Å². The van der Waals surface area contributed by atoms with E-state index in [4.69, 9.17) is 4.74 Å². The number of epoxide rings is 1. The van der Waals surface area contributed by atoms with E-state index < -0.39 is 11.7 Å². The lowest BCUT2D eigenvalue weighted by molar-refractivity contribution is -0.0311. The lowest BCUT2D eigenvalue weighted by Crippen LogP contribution is -2.43. The summed E-state index contributed by atoms with van der Waals surface area (Å²) in [7, 11) is 0. The highest BCUT2D eigenvalue weighted by atomic mass is 16.6. The van der Waals surface area contributed by atoms with Gasteiger partial charge in [0.05, 0.1) is 17.8 Å². The number of rotatable bonds is 1. The van der Waals surface area contributed by atoms with Crippen molar-refractivity contribution in [2.75, 3.05) is 0 Å². The van der Waals surface area contributed by atoms with Crippen molar-refractivity contribution in [1.82, 2.24) is 0 Å². The molecule has 1 saturated carbocycles. The normalized spacial score (nSPS) is 50.1. The summed E-state index contributed by atoms with van der Waals surface area (Å²) in [5, 5.41) is 19.6. The van der Waals surface area contributed by atoms with E-state index in [1.54, 1.807) is 13.8 Å². The maximum Gasteiger partial charge on any atom is 0.118 e. The van der Waals surface area contributed by atoms with Crippen LogP contribution < -0.4 is 0 Å². The Morgan fingerprint density at radius 1 is 1.38 bits per heavy atom. The Hall–Kier alpha value is -0.120. The van der Waals surface area contributed by atoms with Crippen LogP contribution in [0.2, 0.25) is 0 Å². The molecule has 76 valence electrons. The number of hydrogen-bond donors (Lipinski definition) is 2. The molecule has 1 aliphatic heterocycles. The van der Waals surface area contributed by atoms with Crippen LogP contribution in [0.4, 0.5) is 0 Å². The molecule has 3 nitrogen and oxygen atoms in total. The molecular formula is C10H18O3.